The van der Waals surface area contributed by atoms with E-state index in [4.69, 9.17) is 5.73 Å². The van der Waals surface area contributed by atoms with Gasteiger partial charge < -0.3 is 16.2 Å². The van der Waals surface area contributed by atoms with Gasteiger partial charge in [-0.25, -0.2) is 4.79 Å². The summed E-state index contributed by atoms with van der Waals surface area (Å²) in [7, 11) is 0. The lowest BCUT2D eigenvalue weighted by atomic mass is 10.3. The molecule has 0 aromatic carbocycles. The van der Waals surface area contributed by atoms with Crippen LogP contribution in [0, 0.1) is 0 Å². The second kappa shape index (κ2) is 9.19. The summed E-state index contributed by atoms with van der Waals surface area (Å²) in [4.78, 5) is 68.6. The number of hydrogen-bond acceptors (Lipinski definition) is 9. The maximum Gasteiger partial charge on any atom is 0.327 e. The van der Waals surface area contributed by atoms with E-state index >= 15 is 0 Å². The Morgan fingerprint density at radius 2 is 1.52 bits per heavy atom. The van der Waals surface area contributed by atoms with Crippen molar-refractivity contribution in [1.82, 2.24) is 16.0 Å². The second-order valence-corrected chi connectivity index (χ2v) is 8.35. The first kappa shape index (κ1) is 21.2. The Bertz CT molecular complexity index is 686. The van der Waals surface area contributed by atoms with Crippen LogP contribution in [0.5, 0.6) is 0 Å². The topological polar surface area (TPSA) is 185 Å². The molecule has 2 aliphatic rings. The van der Waals surface area contributed by atoms with Gasteiger partial charge in [0.1, 0.15) is 6.04 Å². The highest BCUT2D eigenvalue weighted by Crippen LogP contribution is 2.21. The fraction of sp³-hybridized carbons (Fsp3) is 0.571. The summed E-state index contributed by atoms with van der Waals surface area (Å²) in [5.41, 5.74) is 5.72. The smallest absolute Gasteiger partial charge is 0.327 e. The van der Waals surface area contributed by atoms with Crippen molar-refractivity contribution >= 4 is 59.0 Å². The lowest BCUT2D eigenvalue weighted by Gasteiger charge is -2.19. The Morgan fingerprint density at radius 3 is 1.93 bits per heavy atom. The summed E-state index contributed by atoms with van der Waals surface area (Å²) in [5, 5.41) is 14.4. The number of nitrogens with one attached hydrogen (secondary N) is 3. The van der Waals surface area contributed by atoms with Gasteiger partial charge in [0.2, 0.25) is 29.5 Å². The highest BCUT2D eigenvalue weighted by molar-refractivity contribution is 8.01. The fourth-order valence-corrected chi connectivity index (χ4v) is 4.49. The van der Waals surface area contributed by atoms with E-state index in [1.54, 1.807) is 0 Å². The number of carboxylic acid groups (broad SMARTS) is 1. The van der Waals surface area contributed by atoms with Crippen LogP contribution in [0.25, 0.3) is 0 Å². The van der Waals surface area contributed by atoms with Gasteiger partial charge in [0.05, 0.1) is 16.5 Å². The van der Waals surface area contributed by atoms with Gasteiger partial charge in [-0.1, -0.05) is 0 Å². The molecule has 0 aromatic heterocycles. The molecular weight excluding hydrogens is 400 g/mol. The predicted octanol–water partition coefficient (Wildman–Crippen LogP) is -2.82. The van der Waals surface area contributed by atoms with Crippen LogP contribution in [-0.4, -0.2) is 74.7 Å². The van der Waals surface area contributed by atoms with Gasteiger partial charge in [-0.3, -0.25) is 34.6 Å². The van der Waals surface area contributed by atoms with Crippen LogP contribution in [0.2, 0.25) is 0 Å². The Kier molecular flexibility index (Phi) is 7.21. The number of thioether (sulfide) groups is 2. The standard InChI is InChI=1S/C14H18N4O7S2/c15-5(3-26-7-1-9(19)17-12(7)22)11(21)16-6(14(24)25)4-27-8-2-10(20)18-13(8)23/h5-8H,1-4,15H2,(H,16,21)(H,24,25)(H,17,19,22)(H,18,20,23). The summed E-state index contributed by atoms with van der Waals surface area (Å²) in [6.07, 6.45) is -0.0312. The molecule has 27 heavy (non-hydrogen) atoms. The van der Waals surface area contributed by atoms with E-state index in [1.165, 1.54) is 0 Å². The number of imide groups is 2. The number of amides is 5. The molecule has 2 heterocycles. The molecule has 0 bridgehead atoms. The minimum absolute atomic E-state index is 0.00834. The zero-order valence-electron chi connectivity index (χ0n) is 13.9. The van der Waals surface area contributed by atoms with Crippen LogP contribution >= 0.6 is 23.5 Å². The first-order chi connectivity index (χ1) is 12.7. The first-order valence-corrected chi connectivity index (χ1v) is 9.96. The Hall–Kier alpha value is -2.12. The molecule has 2 aliphatic heterocycles. The molecular formula is C14H18N4O7S2. The predicted molar refractivity (Wildman–Crippen MR) is 95.6 cm³/mol. The zero-order chi connectivity index (χ0) is 20.1. The molecule has 0 radical (unpaired) electrons. The van der Waals surface area contributed by atoms with Crippen LogP contribution in [0.1, 0.15) is 12.8 Å². The largest absolute Gasteiger partial charge is 0.480 e. The minimum Gasteiger partial charge on any atom is -0.480 e. The van der Waals surface area contributed by atoms with Gasteiger partial charge >= 0.3 is 5.97 Å². The monoisotopic (exact) mass is 418 g/mol. The minimum atomic E-state index is -1.30. The van der Waals surface area contributed by atoms with Crippen LogP contribution < -0.4 is 21.7 Å². The summed E-state index contributed by atoms with van der Waals surface area (Å²) < 4.78 is 0. The molecule has 5 amide bonds. The van der Waals surface area contributed by atoms with E-state index in [0.29, 0.717) is 0 Å². The molecule has 0 saturated carbocycles. The highest BCUT2D eigenvalue weighted by atomic mass is 32.2. The van der Waals surface area contributed by atoms with E-state index in [0.717, 1.165) is 23.5 Å². The fourth-order valence-electron chi connectivity index (χ4n) is 2.29. The third-order valence-electron chi connectivity index (χ3n) is 3.74. The third-order valence-corrected chi connectivity index (χ3v) is 6.39. The lowest BCUT2D eigenvalue weighted by molar-refractivity contribution is -0.141. The van der Waals surface area contributed by atoms with Crippen LogP contribution in [0.15, 0.2) is 0 Å². The van der Waals surface area contributed by atoms with Gasteiger partial charge in [0.15, 0.2) is 0 Å². The molecule has 148 valence electrons. The van der Waals surface area contributed by atoms with Gasteiger partial charge in [-0.15, -0.1) is 23.5 Å². The van der Waals surface area contributed by atoms with Crippen molar-refractivity contribution in [3.8, 4) is 0 Å². The lowest BCUT2D eigenvalue weighted by Crippen LogP contribution is -2.50. The van der Waals surface area contributed by atoms with Crippen molar-refractivity contribution in [2.24, 2.45) is 5.73 Å². The Balaban J connectivity index is 1.80. The molecule has 0 aliphatic carbocycles. The average molecular weight is 418 g/mol. The van der Waals surface area contributed by atoms with Gasteiger partial charge in [-0.2, -0.15) is 0 Å². The van der Waals surface area contributed by atoms with Crippen molar-refractivity contribution in [1.29, 1.82) is 0 Å². The summed E-state index contributed by atoms with van der Waals surface area (Å²) >= 11 is 2.00. The average Bonchev–Trinajstić information content (AvgIpc) is 3.08. The number of rotatable bonds is 9. The third kappa shape index (κ3) is 5.94. The summed E-state index contributed by atoms with van der Waals surface area (Å²) in [6.45, 7) is 0. The van der Waals surface area contributed by atoms with E-state index in [9.17, 15) is 33.9 Å². The highest BCUT2D eigenvalue weighted by Gasteiger charge is 2.34. The molecule has 4 unspecified atom stereocenters. The van der Waals surface area contributed by atoms with Crippen LogP contribution in [0.3, 0.4) is 0 Å². The van der Waals surface area contributed by atoms with E-state index in [-0.39, 0.29) is 24.3 Å². The van der Waals surface area contributed by atoms with E-state index in [1.807, 2.05) is 0 Å². The number of hydrogen-bond donors (Lipinski definition) is 5. The second-order valence-electron chi connectivity index (χ2n) is 5.88. The maximum absolute atomic E-state index is 12.1. The number of carbonyl (C=O) groups is 6. The number of carboxylic acids is 1. The molecule has 2 rings (SSSR count). The summed E-state index contributed by atoms with van der Waals surface area (Å²) in [5.74, 6) is -3.88. The number of aliphatic carboxylic acids is 1. The van der Waals surface area contributed by atoms with Gasteiger partial charge in [0, 0.05) is 24.3 Å². The normalized spacial score (nSPS) is 24.3. The van der Waals surface area contributed by atoms with E-state index < -0.39 is 58.1 Å². The van der Waals surface area contributed by atoms with E-state index in [2.05, 4.69) is 16.0 Å². The SMILES string of the molecule is NC(CSC1CC(=O)NC1=O)C(=O)NC(CSC1CC(=O)NC1=O)C(=O)O. The van der Waals surface area contributed by atoms with Crippen molar-refractivity contribution < 1.29 is 33.9 Å². The summed E-state index contributed by atoms with van der Waals surface area (Å²) in [6, 6.07) is -2.37. The molecule has 6 N–H and O–H groups in total. The number of nitrogens with two attached hydrogens (primary N) is 1. The molecule has 4 atom stereocenters. The molecule has 13 heteroatoms. The molecule has 11 nitrogen and oxygen atoms in total. The maximum atomic E-state index is 12.1. The first-order valence-electron chi connectivity index (χ1n) is 7.86. The molecule has 0 spiro atoms. The van der Waals surface area contributed by atoms with Crippen LogP contribution in [-0.2, 0) is 28.8 Å². The van der Waals surface area contributed by atoms with Gasteiger partial charge in [-0.05, 0) is 0 Å². The van der Waals surface area contributed by atoms with Gasteiger partial charge in [0.25, 0.3) is 0 Å². The molecule has 2 fully saturated rings. The Labute approximate surface area is 161 Å². The quantitative estimate of drug-likeness (QED) is 0.245. The number of carbonyl (C=O) groups excluding carboxylic acids is 5. The Morgan fingerprint density at radius 1 is 1.04 bits per heavy atom. The van der Waals surface area contributed by atoms with Crippen molar-refractivity contribution in [2.45, 2.75) is 35.4 Å². The molecule has 0 aromatic rings. The van der Waals surface area contributed by atoms with Crippen molar-refractivity contribution in [3.63, 3.8) is 0 Å². The zero-order valence-corrected chi connectivity index (χ0v) is 15.6. The van der Waals surface area contributed by atoms with Crippen LogP contribution in [0.4, 0.5) is 0 Å². The molecule has 2 saturated heterocycles. The van der Waals surface area contributed by atoms with Crippen molar-refractivity contribution in [2.75, 3.05) is 11.5 Å². The van der Waals surface area contributed by atoms with Crippen molar-refractivity contribution in [3.05, 3.63) is 0 Å².